The summed E-state index contributed by atoms with van der Waals surface area (Å²) in [7, 11) is 0. The molecule has 4 rings (SSSR count). The van der Waals surface area contributed by atoms with Crippen LogP contribution in [0.3, 0.4) is 0 Å². The average Bonchev–Trinajstić information content (AvgIpc) is 2.80. The fraction of sp³-hybridized carbons (Fsp3) is 0.812. The van der Waals surface area contributed by atoms with Gasteiger partial charge in [0.05, 0.1) is 5.01 Å². The molecule has 0 aliphatic heterocycles. The zero-order valence-electron chi connectivity index (χ0n) is 11.8. The first-order valence-corrected chi connectivity index (χ1v) is 8.70. The van der Waals surface area contributed by atoms with Crippen LogP contribution in [0.5, 0.6) is 0 Å². The second kappa shape index (κ2) is 4.56. The van der Waals surface area contributed by atoms with Crippen LogP contribution in [0, 0.1) is 24.2 Å². The summed E-state index contributed by atoms with van der Waals surface area (Å²) in [5, 5.41) is 5.06. The van der Waals surface area contributed by atoms with Crippen LogP contribution < -0.4 is 5.32 Å². The monoisotopic (exact) mass is 276 g/mol. The van der Waals surface area contributed by atoms with Crippen LogP contribution in [0.2, 0.25) is 0 Å². The Labute approximate surface area is 120 Å². The molecule has 1 heterocycles. The van der Waals surface area contributed by atoms with Crippen LogP contribution in [0.15, 0.2) is 6.20 Å². The molecular formula is C16H24N2S. The average molecular weight is 276 g/mol. The van der Waals surface area contributed by atoms with Gasteiger partial charge in [0.25, 0.3) is 0 Å². The lowest BCUT2D eigenvalue weighted by molar-refractivity contribution is 0.157. The SMILES string of the molecule is Cc1ncc(CC2(CNC3CC3)CC3CCC2C3)s1. The maximum absolute atomic E-state index is 4.46. The van der Waals surface area contributed by atoms with Crippen molar-refractivity contribution in [3.8, 4) is 0 Å². The summed E-state index contributed by atoms with van der Waals surface area (Å²) in [5.41, 5.74) is 0.560. The van der Waals surface area contributed by atoms with E-state index >= 15 is 0 Å². The zero-order valence-corrected chi connectivity index (χ0v) is 12.6. The molecule has 3 heteroatoms. The number of thiazole rings is 1. The molecule has 2 nitrogen and oxygen atoms in total. The molecule has 0 amide bonds. The number of aryl methyl sites for hydroxylation is 1. The van der Waals surface area contributed by atoms with Gasteiger partial charge in [0.15, 0.2) is 0 Å². The predicted octanol–water partition coefficient (Wildman–Crippen LogP) is 3.55. The van der Waals surface area contributed by atoms with Gasteiger partial charge in [-0.15, -0.1) is 11.3 Å². The van der Waals surface area contributed by atoms with E-state index in [0.717, 1.165) is 17.9 Å². The summed E-state index contributed by atoms with van der Waals surface area (Å²) in [6.07, 6.45) is 12.2. The smallest absolute Gasteiger partial charge is 0.0896 e. The summed E-state index contributed by atoms with van der Waals surface area (Å²) >= 11 is 1.91. The molecule has 3 aliphatic rings. The minimum atomic E-state index is 0.560. The first-order valence-electron chi connectivity index (χ1n) is 7.88. The van der Waals surface area contributed by atoms with Crippen molar-refractivity contribution in [3.05, 3.63) is 16.1 Å². The topological polar surface area (TPSA) is 24.9 Å². The number of hydrogen-bond acceptors (Lipinski definition) is 3. The lowest BCUT2D eigenvalue weighted by Gasteiger charge is -2.38. The summed E-state index contributed by atoms with van der Waals surface area (Å²) in [6, 6.07) is 0.846. The maximum atomic E-state index is 4.46. The van der Waals surface area contributed by atoms with Crippen molar-refractivity contribution in [3.63, 3.8) is 0 Å². The van der Waals surface area contributed by atoms with Crippen molar-refractivity contribution < 1.29 is 0 Å². The van der Waals surface area contributed by atoms with Crippen LogP contribution in [-0.2, 0) is 6.42 Å². The number of fused-ring (bicyclic) bond motifs is 2. The lowest BCUT2D eigenvalue weighted by Crippen LogP contribution is -2.41. The highest BCUT2D eigenvalue weighted by Gasteiger charge is 2.51. The van der Waals surface area contributed by atoms with Crippen LogP contribution in [-0.4, -0.2) is 17.6 Å². The molecule has 0 radical (unpaired) electrons. The van der Waals surface area contributed by atoms with Crippen molar-refractivity contribution >= 4 is 11.3 Å². The molecule has 3 atom stereocenters. The van der Waals surface area contributed by atoms with Crippen molar-refractivity contribution in [1.82, 2.24) is 10.3 Å². The fourth-order valence-electron chi connectivity index (χ4n) is 4.52. The Kier molecular flexibility index (Phi) is 2.96. The van der Waals surface area contributed by atoms with E-state index in [1.807, 2.05) is 11.3 Å². The van der Waals surface area contributed by atoms with E-state index in [2.05, 4.69) is 23.4 Å². The van der Waals surface area contributed by atoms with Gasteiger partial charge < -0.3 is 5.32 Å². The number of nitrogens with one attached hydrogen (secondary N) is 1. The van der Waals surface area contributed by atoms with Crippen molar-refractivity contribution in [2.24, 2.45) is 17.3 Å². The fourth-order valence-corrected chi connectivity index (χ4v) is 5.47. The van der Waals surface area contributed by atoms with Crippen LogP contribution in [0.25, 0.3) is 0 Å². The quantitative estimate of drug-likeness (QED) is 0.889. The third-order valence-electron chi connectivity index (χ3n) is 5.62. The van der Waals surface area contributed by atoms with E-state index in [9.17, 15) is 0 Å². The third-order valence-corrected chi connectivity index (χ3v) is 6.53. The molecule has 0 aromatic carbocycles. The Balaban J connectivity index is 1.53. The lowest BCUT2D eigenvalue weighted by atomic mass is 9.70. The minimum Gasteiger partial charge on any atom is -0.313 e. The molecule has 19 heavy (non-hydrogen) atoms. The summed E-state index contributed by atoms with van der Waals surface area (Å²) in [4.78, 5) is 5.97. The van der Waals surface area contributed by atoms with Crippen molar-refractivity contribution in [2.75, 3.05) is 6.54 Å². The van der Waals surface area contributed by atoms with Crippen molar-refractivity contribution in [2.45, 2.75) is 57.9 Å². The second-order valence-electron chi connectivity index (χ2n) is 7.12. The van der Waals surface area contributed by atoms with E-state index in [1.54, 1.807) is 0 Å². The van der Waals surface area contributed by atoms with Gasteiger partial charge in [-0.3, -0.25) is 0 Å². The van der Waals surface area contributed by atoms with Gasteiger partial charge in [0.2, 0.25) is 0 Å². The molecule has 3 saturated carbocycles. The van der Waals surface area contributed by atoms with Crippen LogP contribution in [0.4, 0.5) is 0 Å². The molecular weight excluding hydrogens is 252 g/mol. The van der Waals surface area contributed by atoms with Gasteiger partial charge in [-0.2, -0.15) is 0 Å². The van der Waals surface area contributed by atoms with Gasteiger partial charge in [0, 0.05) is 23.7 Å². The predicted molar refractivity (Wildman–Crippen MR) is 79.5 cm³/mol. The van der Waals surface area contributed by atoms with Gasteiger partial charge in [-0.25, -0.2) is 4.98 Å². The molecule has 2 bridgehead atoms. The standard InChI is InChI=1S/C16H24N2S/c1-11-17-9-15(19-11)8-16(10-18-14-4-5-14)7-12-2-3-13(16)6-12/h9,12-14,18H,2-8,10H2,1H3. The largest absolute Gasteiger partial charge is 0.313 e. The molecule has 3 unspecified atom stereocenters. The number of aromatic nitrogens is 1. The van der Waals surface area contributed by atoms with E-state index < -0.39 is 0 Å². The minimum absolute atomic E-state index is 0.560. The molecule has 0 saturated heterocycles. The molecule has 1 aromatic rings. The number of hydrogen-bond donors (Lipinski definition) is 1. The summed E-state index contributed by atoms with van der Waals surface area (Å²) in [6.45, 7) is 3.39. The maximum Gasteiger partial charge on any atom is 0.0896 e. The highest BCUT2D eigenvalue weighted by atomic mass is 32.1. The number of nitrogens with zero attached hydrogens (tertiary/aromatic N) is 1. The van der Waals surface area contributed by atoms with Gasteiger partial charge in [-0.1, -0.05) is 6.42 Å². The van der Waals surface area contributed by atoms with Gasteiger partial charge in [0.1, 0.15) is 0 Å². The highest BCUT2D eigenvalue weighted by Crippen LogP contribution is 2.57. The van der Waals surface area contributed by atoms with E-state index in [-0.39, 0.29) is 0 Å². The Hall–Kier alpha value is -0.410. The third kappa shape index (κ3) is 2.36. The van der Waals surface area contributed by atoms with E-state index in [4.69, 9.17) is 0 Å². The highest BCUT2D eigenvalue weighted by molar-refractivity contribution is 7.11. The summed E-state index contributed by atoms with van der Waals surface area (Å²) in [5.74, 6) is 2.01. The molecule has 0 spiro atoms. The normalized spacial score (nSPS) is 37.1. The first kappa shape index (κ1) is 12.3. The Morgan fingerprint density at radius 2 is 2.26 bits per heavy atom. The molecule has 1 N–H and O–H groups in total. The summed E-state index contributed by atoms with van der Waals surface area (Å²) < 4.78 is 0. The molecule has 104 valence electrons. The Bertz CT molecular complexity index is 465. The van der Waals surface area contributed by atoms with Crippen molar-refractivity contribution in [1.29, 1.82) is 0 Å². The molecule has 3 fully saturated rings. The Morgan fingerprint density at radius 1 is 1.37 bits per heavy atom. The van der Waals surface area contributed by atoms with Gasteiger partial charge in [-0.05, 0) is 62.7 Å². The number of rotatable bonds is 5. The molecule has 3 aliphatic carbocycles. The van der Waals surface area contributed by atoms with E-state index in [0.29, 0.717) is 5.41 Å². The van der Waals surface area contributed by atoms with Crippen LogP contribution in [0.1, 0.15) is 48.4 Å². The molecule has 1 aromatic heterocycles. The van der Waals surface area contributed by atoms with E-state index in [1.165, 1.54) is 61.4 Å². The van der Waals surface area contributed by atoms with Gasteiger partial charge >= 0.3 is 0 Å². The van der Waals surface area contributed by atoms with Crippen LogP contribution >= 0.6 is 11.3 Å². The second-order valence-corrected chi connectivity index (χ2v) is 8.44. The Morgan fingerprint density at radius 3 is 2.84 bits per heavy atom. The zero-order chi connectivity index (χ0) is 12.9. The first-order chi connectivity index (χ1) is 9.23.